The summed E-state index contributed by atoms with van der Waals surface area (Å²) in [5, 5.41) is 4.28. The molecule has 2 nitrogen and oxygen atoms in total. The highest BCUT2D eigenvalue weighted by atomic mass is 35.5. The standard InChI is InChI=1S/C16H21ClN2/c1-3-8-19-9-6-16(7-10-19)12(2)18-15-5-4-13(17)11-14(15)16/h4-5,11,18H,2-3,6-10H2,1H3. The van der Waals surface area contributed by atoms with E-state index in [1.54, 1.807) is 0 Å². The molecule has 1 aromatic rings. The molecule has 1 spiro atoms. The van der Waals surface area contributed by atoms with Crippen LogP contribution >= 0.6 is 11.6 Å². The Labute approximate surface area is 120 Å². The van der Waals surface area contributed by atoms with Gasteiger partial charge in [-0.05, 0) is 62.7 Å². The van der Waals surface area contributed by atoms with Crippen LogP contribution in [0.3, 0.4) is 0 Å². The van der Waals surface area contributed by atoms with Gasteiger partial charge < -0.3 is 10.2 Å². The van der Waals surface area contributed by atoms with Gasteiger partial charge >= 0.3 is 0 Å². The van der Waals surface area contributed by atoms with E-state index in [-0.39, 0.29) is 5.41 Å². The van der Waals surface area contributed by atoms with Crippen molar-refractivity contribution in [2.24, 2.45) is 0 Å². The molecule has 2 aliphatic heterocycles. The van der Waals surface area contributed by atoms with E-state index in [2.05, 4.69) is 35.9 Å². The smallest absolute Gasteiger partial charge is 0.0425 e. The topological polar surface area (TPSA) is 15.3 Å². The zero-order valence-corrected chi connectivity index (χ0v) is 12.3. The predicted molar refractivity (Wildman–Crippen MR) is 81.9 cm³/mol. The monoisotopic (exact) mass is 276 g/mol. The fourth-order valence-electron chi connectivity index (χ4n) is 3.51. The molecule has 0 unspecified atom stereocenters. The van der Waals surface area contributed by atoms with E-state index < -0.39 is 0 Å². The van der Waals surface area contributed by atoms with E-state index in [1.807, 2.05) is 6.07 Å². The molecule has 19 heavy (non-hydrogen) atoms. The SMILES string of the molecule is C=C1Nc2ccc(Cl)cc2C12CCN(CCC)CC2. The van der Waals surface area contributed by atoms with Crippen LogP contribution in [0.4, 0.5) is 5.69 Å². The van der Waals surface area contributed by atoms with Crippen LogP contribution in [-0.4, -0.2) is 24.5 Å². The quantitative estimate of drug-likeness (QED) is 0.878. The molecular formula is C16H21ClN2. The molecule has 0 amide bonds. The van der Waals surface area contributed by atoms with E-state index >= 15 is 0 Å². The Kier molecular flexibility index (Phi) is 3.32. The van der Waals surface area contributed by atoms with Crippen molar-refractivity contribution in [1.82, 2.24) is 4.90 Å². The molecule has 0 radical (unpaired) electrons. The Morgan fingerprint density at radius 3 is 2.79 bits per heavy atom. The second-order valence-electron chi connectivity index (χ2n) is 5.72. The van der Waals surface area contributed by atoms with E-state index in [0.717, 1.165) is 36.7 Å². The van der Waals surface area contributed by atoms with Gasteiger partial charge in [0.2, 0.25) is 0 Å². The highest BCUT2D eigenvalue weighted by Gasteiger charge is 2.44. The Balaban J connectivity index is 1.90. The van der Waals surface area contributed by atoms with Crippen LogP contribution in [-0.2, 0) is 5.41 Å². The number of hydrogen-bond acceptors (Lipinski definition) is 2. The number of likely N-dealkylation sites (tertiary alicyclic amines) is 1. The summed E-state index contributed by atoms with van der Waals surface area (Å²) in [6.07, 6.45) is 3.52. The first-order valence-corrected chi connectivity index (χ1v) is 7.52. The van der Waals surface area contributed by atoms with Crippen molar-refractivity contribution in [3.8, 4) is 0 Å². The summed E-state index contributed by atoms with van der Waals surface area (Å²) in [6.45, 7) is 10.0. The zero-order chi connectivity index (χ0) is 13.5. The minimum absolute atomic E-state index is 0.102. The molecule has 0 bridgehead atoms. The minimum Gasteiger partial charge on any atom is -0.358 e. The van der Waals surface area contributed by atoms with Crippen molar-refractivity contribution in [2.75, 3.05) is 25.0 Å². The Morgan fingerprint density at radius 1 is 1.37 bits per heavy atom. The number of nitrogens with one attached hydrogen (secondary N) is 1. The van der Waals surface area contributed by atoms with Crippen molar-refractivity contribution >= 4 is 17.3 Å². The molecule has 1 saturated heterocycles. The molecule has 2 heterocycles. The maximum absolute atomic E-state index is 6.18. The average molecular weight is 277 g/mol. The van der Waals surface area contributed by atoms with E-state index in [9.17, 15) is 0 Å². The van der Waals surface area contributed by atoms with Crippen LogP contribution in [0.15, 0.2) is 30.5 Å². The van der Waals surface area contributed by atoms with Crippen molar-refractivity contribution < 1.29 is 0 Å². The normalized spacial score (nSPS) is 21.5. The number of allylic oxidation sites excluding steroid dienone is 1. The molecule has 3 heteroatoms. The van der Waals surface area contributed by atoms with Crippen LogP contribution in [0, 0.1) is 0 Å². The average Bonchev–Trinajstić information content (AvgIpc) is 2.66. The molecule has 102 valence electrons. The summed E-state index contributed by atoms with van der Waals surface area (Å²) < 4.78 is 0. The Bertz CT molecular complexity index is 501. The third kappa shape index (κ3) is 2.07. The van der Waals surface area contributed by atoms with Gasteiger partial charge in [-0.2, -0.15) is 0 Å². The maximum Gasteiger partial charge on any atom is 0.0425 e. The minimum atomic E-state index is 0.102. The lowest BCUT2D eigenvalue weighted by Gasteiger charge is -2.40. The van der Waals surface area contributed by atoms with Gasteiger partial charge in [-0.15, -0.1) is 0 Å². The van der Waals surface area contributed by atoms with E-state index in [1.165, 1.54) is 24.2 Å². The number of fused-ring (bicyclic) bond motifs is 2. The molecule has 2 aliphatic rings. The molecule has 0 aromatic heterocycles. The highest BCUT2D eigenvalue weighted by molar-refractivity contribution is 6.30. The van der Waals surface area contributed by atoms with Crippen LogP contribution in [0.1, 0.15) is 31.7 Å². The van der Waals surface area contributed by atoms with Gasteiger partial charge in [-0.1, -0.05) is 25.1 Å². The number of halogens is 1. The number of rotatable bonds is 2. The van der Waals surface area contributed by atoms with Crippen LogP contribution in [0.2, 0.25) is 5.02 Å². The Morgan fingerprint density at radius 2 is 2.11 bits per heavy atom. The van der Waals surface area contributed by atoms with Crippen molar-refractivity contribution in [2.45, 2.75) is 31.6 Å². The van der Waals surface area contributed by atoms with Gasteiger partial charge in [0.25, 0.3) is 0 Å². The number of anilines is 1. The summed E-state index contributed by atoms with van der Waals surface area (Å²) >= 11 is 6.18. The van der Waals surface area contributed by atoms with Crippen molar-refractivity contribution in [3.05, 3.63) is 41.1 Å². The second-order valence-corrected chi connectivity index (χ2v) is 6.15. The summed E-state index contributed by atoms with van der Waals surface area (Å²) in [6, 6.07) is 6.15. The molecule has 0 atom stereocenters. The summed E-state index contributed by atoms with van der Waals surface area (Å²) in [5.74, 6) is 0. The maximum atomic E-state index is 6.18. The molecule has 1 aromatic carbocycles. The van der Waals surface area contributed by atoms with Crippen LogP contribution < -0.4 is 5.32 Å². The largest absolute Gasteiger partial charge is 0.358 e. The van der Waals surface area contributed by atoms with Gasteiger partial charge in [-0.3, -0.25) is 0 Å². The van der Waals surface area contributed by atoms with Gasteiger partial charge in [0.05, 0.1) is 0 Å². The molecule has 0 saturated carbocycles. The zero-order valence-electron chi connectivity index (χ0n) is 11.5. The third-order valence-corrected chi connectivity index (χ3v) is 4.84. The highest BCUT2D eigenvalue weighted by Crippen LogP contribution is 2.50. The third-order valence-electron chi connectivity index (χ3n) is 4.61. The van der Waals surface area contributed by atoms with Gasteiger partial charge in [0, 0.05) is 21.8 Å². The van der Waals surface area contributed by atoms with Crippen molar-refractivity contribution in [3.63, 3.8) is 0 Å². The molecular weight excluding hydrogens is 256 g/mol. The first kappa shape index (κ1) is 13.0. The molecule has 3 rings (SSSR count). The Hall–Kier alpha value is -0.990. The number of benzene rings is 1. The number of hydrogen-bond donors (Lipinski definition) is 1. The summed E-state index contributed by atoms with van der Waals surface area (Å²) in [5.41, 5.74) is 3.80. The van der Waals surface area contributed by atoms with Gasteiger partial charge in [0.15, 0.2) is 0 Å². The molecule has 1 fully saturated rings. The lowest BCUT2D eigenvalue weighted by molar-refractivity contribution is 0.181. The molecule has 1 N–H and O–H groups in total. The lowest BCUT2D eigenvalue weighted by Crippen LogP contribution is -2.42. The fourth-order valence-corrected chi connectivity index (χ4v) is 3.68. The van der Waals surface area contributed by atoms with Crippen LogP contribution in [0.25, 0.3) is 0 Å². The predicted octanol–water partition coefficient (Wildman–Crippen LogP) is 4.02. The lowest BCUT2D eigenvalue weighted by atomic mass is 9.72. The second kappa shape index (κ2) is 4.84. The summed E-state index contributed by atoms with van der Waals surface area (Å²) in [4.78, 5) is 2.56. The van der Waals surface area contributed by atoms with Crippen LogP contribution in [0.5, 0.6) is 0 Å². The van der Waals surface area contributed by atoms with Gasteiger partial charge in [0.1, 0.15) is 0 Å². The van der Waals surface area contributed by atoms with Crippen molar-refractivity contribution in [1.29, 1.82) is 0 Å². The van der Waals surface area contributed by atoms with E-state index in [4.69, 9.17) is 11.6 Å². The summed E-state index contributed by atoms with van der Waals surface area (Å²) in [7, 11) is 0. The number of piperidine rings is 1. The first-order valence-electron chi connectivity index (χ1n) is 7.14. The fraction of sp³-hybridized carbons (Fsp3) is 0.500. The van der Waals surface area contributed by atoms with E-state index in [0.29, 0.717) is 0 Å². The number of nitrogens with zero attached hydrogens (tertiary/aromatic N) is 1. The van der Waals surface area contributed by atoms with Gasteiger partial charge in [-0.25, -0.2) is 0 Å². The first-order chi connectivity index (χ1) is 9.15. The molecule has 0 aliphatic carbocycles.